The van der Waals surface area contributed by atoms with Gasteiger partial charge in [-0.3, -0.25) is 0 Å². The fourth-order valence-electron chi connectivity index (χ4n) is 1.45. The molecule has 0 fully saturated rings. The molecule has 0 aromatic carbocycles. The van der Waals surface area contributed by atoms with Crippen LogP contribution in [0, 0.1) is 0 Å². The molecule has 3 N–H and O–H groups in total. The first-order valence-corrected chi connectivity index (χ1v) is 5.69. The Morgan fingerprint density at radius 3 is 2.00 bits per heavy atom. The molecule has 0 heterocycles. The van der Waals surface area contributed by atoms with E-state index < -0.39 is 12.2 Å². The SMILES string of the molecule is CCCCCCCCC(O)[C@@H](O)CO. The molecule has 0 aliphatic carbocycles. The van der Waals surface area contributed by atoms with E-state index in [1.807, 2.05) is 0 Å². The van der Waals surface area contributed by atoms with Crippen LogP contribution >= 0.6 is 0 Å². The first-order chi connectivity index (χ1) is 6.72. The van der Waals surface area contributed by atoms with Crippen LogP contribution in [0.15, 0.2) is 0 Å². The highest BCUT2D eigenvalue weighted by atomic mass is 16.4. The molecule has 0 spiro atoms. The number of unbranched alkanes of at least 4 members (excludes halogenated alkanes) is 5. The Kier molecular flexibility index (Phi) is 9.35. The predicted octanol–water partition coefficient (Wildman–Crippen LogP) is 1.45. The third-order valence-corrected chi connectivity index (χ3v) is 2.48. The summed E-state index contributed by atoms with van der Waals surface area (Å²) in [5, 5.41) is 26.9. The van der Waals surface area contributed by atoms with Crippen LogP contribution in [-0.4, -0.2) is 34.1 Å². The topological polar surface area (TPSA) is 60.7 Å². The molecule has 1 unspecified atom stereocenters. The average Bonchev–Trinajstić information content (AvgIpc) is 2.21. The molecule has 14 heavy (non-hydrogen) atoms. The number of aliphatic hydroxyl groups excluding tert-OH is 3. The van der Waals surface area contributed by atoms with Crippen LogP contribution in [0.25, 0.3) is 0 Å². The highest BCUT2D eigenvalue weighted by molar-refractivity contribution is 4.65. The number of aliphatic hydroxyl groups is 3. The summed E-state index contributed by atoms with van der Waals surface area (Å²) in [5.41, 5.74) is 0. The van der Waals surface area contributed by atoms with E-state index in [-0.39, 0.29) is 6.61 Å². The van der Waals surface area contributed by atoms with Gasteiger partial charge in [-0.2, -0.15) is 0 Å². The second-order valence-electron chi connectivity index (χ2n) is 3.87. The maximum absolute atomic E-state index is 9.31. The van der Waals surface area contributed by atoms with E-state index in [0.717, 1.165) is 12.8 Å². The van der Waals surface area contributed by atoms with E-state index in [1.165, 1.54) is 25.7 Å². The molecule has 0 saturated heterocycles. The fourth-order valence-corrected chi connectivity index (χ4v) is 1.45. The van der Waals surface area contributed by atoms with Gasteiger partial charge in [0.25, 0.3) is 0 Å². The first kappa shape index (κ1) is 13.9. The molecule has 0 aliphatic heterocycles. The van der Waals surface area contributed by atoms with Crippen LogP contribution in [-0.2, 0) is 0 Å². The zero-order chi connectivity index (χ0) is 10.8. The molecule has 0 aromatic heterocycles. The van der Waals surface area contributed by atoms with Gasteiger partial charge in [-0.05, 0) is 6.42 Å². The van der Waals surface area contributed by atoms with Gasteiger partial charge in [-0.1, -0.05) is 45.4 Å². The average molecular weight is 204 g/mol. The van der Waals surface area contributed by atoms with Crippen molar-refractivity contribution in [1.29, 1.82) is 0 Å². The third-order valence-electron chi connectivity index (χ3n) is 2.48. The molecule has 86 valence electrons. The van der Waals surface area contributed by atoms with Crippen LogP contribution in [0.4, 0.5) is 0 Å². The standard InChI is InChI=1S/C11H24O3/c1-2-3-4-5-6-7-8-10(13)11(14)9-12/h10-14H,2-9H2,1H3/t10?,11-/m0/s1. The van der Waals surface area contributed by atoms with Crippen molar-refractivity contribution >= 4 is 0 Å². The third kappa shape index (κ3) is 7.30. The lowest BCUT2D eigenvalue weighted by Crippen LogP contribution is -2.28. The van der Waals surface area contributed by atoms with E-state index in [9.17, 15) is 5.11 Å². The highest BCUT2D eigenvalue weighted by Crippen LogP contribution is 2.10. The molecule has 0 bridgehead atoms. The van der Waals surface area contributed by atoms with Gasteiger partial charge in [0.05, 0.1) is 12.7 Å². The lowest BCUT2D eigenvalue weighted by Gasteiger charge is -2.14. The molecule has 3 nitrogen and oxygen atoms in total. The summed E-state index contributed by atoms with van der Waals surface area (Å²) < 4.78 is 0. The largest absolute Gasteiger partial charge is 0.394 e. The van der Waals surface area contributed by atoms with Crippen molar-refractivity contribution in [2.24, 2.45) is 0 Å². The molecule has 0 saturated carbocycles. The lowest BCUT2D eigenvalue weighted by molar-refractivity contribution is -0.0185. The lowest BCUT2D eigenvalue weighted by atomic mass is 10.0. The summed E-state index contributed by atoms with van der Waals surface area (Å²) in [7, 11) is 0. The summed E-state index contributed by atoms with van der Waals surface area (Å²) in [6, 6.07) is 0. The second-order valence-corrected chi connectivity index (χ2v) is 3.87. The zero-order valence-corrected chi connectivity index (χ0v) is 9.15. The fraction of sp³-hybridized carbons (Fsp3) is 1.00. The van der Waals surface area contributed by atoms with Crippen molar-refractivity contribution in [3.63, 3.8) is 0 Å². The molecule has 0 aliphatic rings. The summed E-state index contributed by atoms with van der Waals surface area (Å²) in [6.45, 7) is 1.83. The van der Waals surface area contributed by atoms with Crippen LogP contribution in [0.2, 0.25) is 0 Å². The summed E-state index contributed by atoms with van der Waals surface area (Å²) in [4.78, 5) is 0. The Labute approximate surface area is 86.8 Å². The van der Waals surface area contributed by atoms with Gasteiger partial charge < -0.3 is 15.3 Å². The van der Waals surface area contributed by atoms with Crippen molar-refractivity contribution in [2.45, 2.75) is 64.1 Å². The van der Waals surface area contributed by atoms with Crippen molar-refractivity contribution in [3.05, 3.63) is 0 Å². The minimum absolute atomic E-state index is 0.350. The van der Waals surface area contributed by atoms with E-state index in [4.69, 9.17) is 10.2 Å². The maximum atomic E-state index is 9.31. The van der Waals surface area contributed by atoms with Gasteiger partial charge in [0.2, 0.25) is 0 Å². The van der Waals surface area contributed by atoms with Gasteiger partial charge in [-0.15, -0.1) is 0 Å². The zero-order valence-electron chi connectivity index (χ0n) is 9.15. The molecule has 3 heteroatoms. The Morgan fingerprint density at radius 2 is 1.43 bits per heavy atom. The van der Waals surface area contributed by atoms with E-state index in [2.05, 4.69) is 6.92 Å². The van der Waals surface area contributed by atoms with Crippen LogP contribution < -0.4 is 0 Å². The smallest absolute Gasteiger partial charge is 0.103 e. The normalized spacial score (nSPS) is 15.4. The molecular formula is C11H24O3. The molecule has 2 atom stereocenters. The summed E-state index contributed by atoms with van der Waals surface area (Å²) in [5.74, 6) is 0. The quantitative estimate of drug-likeness (QED) is 0.498. The highest BCUT2D eigenvalue weighted by Gasteiger charge is 2.13. The molecule has 0 radical (unpaired) electrons. The van der Waals surface area contributed by atoms with Gasteiger partial charge in [-0.25, -0.2) is 0 Å². The van der Waals surface area contributed by atoms with Crippen molar-refractivity contribution in [3.8, 4) is 0 Å². The van der Waals surface area contributed by atoms with Crippen molar-refractivity contribution < 1.29 is 15.3 Å². The first-order valence-electron chi connectivity index (χ1n) is 5.69. The summed E-state index contributed by atoms with van der Waals surface area (Å²) in [6.07, 6.45) is 5.89. The van der Waals surface area contributed by atoms with E-state index >= 15 is 0 Å². The Balaban J connectivity index is 3.18. The van der Waals surface area contributed by atoms with E-state index in [1.54, 1.807) is 0 Å². The molecule has 0 rings (SSSR count). The number of rotatable bonds is 9. The second kappa shape index (κ2) is 9.44. The molecule has 0 aromatic rings. The maximum Gasteiger partial charge on any atom is 0.103 e. The minimum atomic E-state index is -0.967. The monoisotopic (exact) mass is 204 g/mol. The Bertz CT molecular complexity index is 117. The van der Waals surface area contributed by atoms with Crippen molar-refractivity contribution in [2.75, 3.05) is 6.61 Å². The van der Waals surface area contributed by atoms with E-state index in [0.29, 0.717) is 6.42 Å². The Hall–Kier alpha value is -0.120. The van der Waals surface area contributed by atoms with Crippen molar-refractivity contribution in [1.82, 2.24) is 0 Å². The van der Waals surface area contributed by atoms with Gasteiger partial charge in [0.1, 0.15) is 6.10 Å². The van der Waals surface area contributed by atoms with Crippen LogP contribution in [0.3, 0.4) is 0 Å². The summed E-state index contributed by atoms with van der Waals surface area (Å²) >= 11 is 0. The van der Waals surface area contributed by atoms with Crippen LogP contribution in [0.1, 0.15) is 51.9 Å². The Morgan fingerprint density at radius 1 is 0.857 bits per heavy atom. The number of hydrogen-bond acceptors (Lipinski definition) is 3. The van der Waals surface area contributed by atoms with Crippen LogP contribution in [0.5, 0.6) is 0 Å². The minimum Gasteiger partial charge on any atom is -0.394 e. The van der Waals surface area contributed by atoms with Gasteiger partial charge in [0.15, 0.2) is 0 Å². The predicted molar refractivity (Wildman–Crippen MR) is 57.1 cm³/mol. The number of hydrogen-bond donors (Lipinski definition) is 3. The molecule has 0 amide bonds. The molecular weight excluding hydrogens is 180 g/mol. The van der Waals surface area contributed by atoms with Gasteiger partial charge in [0, 0.05) is 0 Å². The van der Waals surface area contributed by atoms with Gasteiger partial charge >= 0.3 is 0 Å².